The number of rotatable bonds is 3. The van der Waals surface area contributed by atoms with Crippen molar-refractivity contribution in [3.05, 3.63) is 29.3 Å². The maximum Gasteiger partial charge on any atom is 0.245 e. The molecule has 2 amide bonds. The van der Waals surface area contributed by atoms with E-state index in [1.807, 2.05) is 18.2 Å². The SMILES string of the molecule is COc1cccc2c1C(C(=O)N1C[C@H](F)C[C@H]1C(=O)N1CCOCC1)CC2. The van der Waals surface area contributed by atoms with Crippen LogP contribution in [0.3, 0.4) is 0 Å². The van der Waals surface area contributed by atoms with Gasteiger partial charge in [-0.05, 0) is 24.5 Å². The number of likely N-dealkylation sites (tertiary alicyclic amines) is 1. The van der Waals surface area contributed by atoms with Gasteiger partial charge < -0.3 is 19.3 Å². The van der Waals surface area contributed by atoms with E-state index in [0.717, 1.165) is 17.5 Å². The molecule has 2 fully saturated rings. The molecule has 2 aliphatic heterocycles. The predicted octanol–water partition coefficient (Wildman–Crippen LogP) is 1.52. The molecule has 2 saturated heterocycles. The van der Waals surface area contributed by atoms with Gasteiger partial charge in [-0.1, -0.05) is 12.1 Å². The smallest absolute Gasteiger partial charge is 0.245 e. The van der Waals surface area contributed by atoms with Gasteiger partial charge in [-0.3, -0.25) is 9.59 Å². The van der Waals surface area contributed by atoms with E-state index >= 15 is 0 Å². The van der Waals surface area contributed by atoms with Crippen LogP contribution in [0.25, 0.3) is 0 Å². The van der Waals surface area contributed by atoms with E-state index in [4.69, 9.17) is 9.47 Å². The molecule has 0 N–H and O–H groups in total. The zero-order chi connectivity index (χ0) is 19.0. The van der Waals surface area contributed by atoms with Gasteiger partial charge in [-0.2, -0.15) is 0 Å². The van der Waals surface area contributed by atoms with Gasteiger partial charge in [0.05, 0.1) is 32.8 Å². The number of nitrogens with zero attached hydrogens (tertiary/aromatic N) is 2. The fourth-order valence-corrected chi connectivity index (χ4v) is 4.53. The number of carbonyl (C=O) groups excluding carboxylic acids is 2. The Kier molecular flexibility index (Phi) is 5.04. The van der Waals surface area contributed by atoms with Gasteiger partial charge in [0, 0.05) is 25.1 Å². The molecule has 0 aromatic heterocycles. The minimum absolute atomic E-state index is 0.0133. The molecule has 0 radical (unpaired) electrons. The van der Waals surface area contributed by atoms with E-state index in [2.05, 4.69) is 0 Å². The van der Waals surface area contributed by atoms with Crippen LogP contribution in [-0.2, 0) is 20.7 Å². The third kappa shape index (κ3) is 3.29. The summed E-state index contributed by atoms with van der Waals surface area (Å²) in [5.41, 5.74) is 1.99. The van der Waals surface area contributed by atoms with E-state index in [1.54, 1.807) is 12.0 Å². The molecule has 0 saturated carbocycles. The quantitative estimate of drug-likeness (QED) is 0.803. The Morgan fingerprint density at radius 3 is 2.74 bits per heavy atom. The van der Waals surface area contributed by atoms with Crippen molar-refractivity contribution in [1.82, 2.24) is 9.80 Å². The number of carbonyl (C=O) groups is 2. The van der Waals surface area contributed by atoms with Crippen LogP contribution in [0.2, 0.25) is 0 Å². The number of hydrogen-bond acceptors (Lipinski definition) is 4. The van der Waals surface area contributed by atoms with Crippen LogP contribution in [0.15, 0.2) is 18.2 Å². The second-order valence-corrected chi connectivity index (χ2v) is 7.40. The van der Waals surface area contributed by atoms with Crippen molar-refractivity contribution < 1.29 is 23.5 Å². The monoisotopic (exact) mass is 376 g/mol. The third-order valence-corrected chi connectivity index (χ3v) is 5.87. The lowest BCUT2D eigenvalue weighted by Gasteiger charge is -2.33. The predicted molar refractivity (Wildman–Crippen MR) is 96.5 cm³/mol. The number of morpholine rings is 1. The highest BCUT2D eigenvalue weighted by atomic mass is 19.1. The van der Waals surface area contributed by atoms with Gasteiger partial charge in [0.25, 0.3) is 0 Å². The number of ether oxygens (including phenoxy) is 2. The summed E-state index contributed by atoms with van der Waals surface area (Å²) in [5, 5.41) is 0. The van der Waals surface area contributed by atoms with Gasteiger partial charge >= 0.3 is 0 Å². The van der Waals surface area contributed by atoms with E-state index in [-0.39, 0.29) is 30.7 Å². The summed E-state index contributed by atoms with van der Waals surface area (Å²) < 4.78 is 25.0. The van der Waals surface area contributed by atoms with Crippen LogP contribution in [0.5, 0.6) is 5.75 Å². The molecule has 4 rings (SSSR count). The first-order valence-electron chi connectivity index (χ1n) is 9.57. The first-order valence-corrected chi connectivity index (χ1v) is 9.57. The Morgan fingerprint density at radius 1 is 1.22 bits per heavy atom. The van der Waals surface area contributed by atoms with Crippen molar-refractivity contribution in [2.24, 2.45) is 0 Å². The lowest BCUT2D eigenvalue weighted by atomic mass is 9.98. The molecule has 1 aliphatic carbocycles. The Bertz CT molecular complexity index is 735. The number of methoxy groups -OCH3 is 1. The van der Waals surface area contributed by atoms with E-state index < -0.39 is 12.2 Å². The molecule has 7 heteroatoms. The first kappa shape index (κ1) is 18.2. The highest BCUT2D eigenvalue weighted by molar-refractivity contribution is 5.92. The lowest BCUT2D eigenvalue weighted by Crippen LogP contribution is -2.51. The minimum Gasteiger partial charge on any atom is -0.496 e. The normalized spacial score (nSPS) is 27.6. The summed E-state index contributed by atoms with van der Waals surface area (Å²) in [7, 11) is 1.59. The lowest BCUT2D eigenvalue weighted by molar-refractivity contribution is -0.147. The van der Waals surface area contributed by atoms with Crippen LogP contribution < -0.4 is 4.74 Å². The van der Waals surface area contributed by atoms with Gasteiger partial charge in [-0.15, -0.1) is 0 Å². The van der Waals surface area contributed by atoms with Crippen molar-refractivity contribution in [2.45, 2.75) is 37.4 Å². The standard InChI is InChI=1S/C20H25FN2O4/c1-26-17-4-2-3-13-5-6-15(18(13)17)19(24)23-12-14(21)11-16(23)20(25)22-7-9-27-10-8-22/h2-4,14-16H,5-12H2,1H3/t14-,15?,16+/m1/s1. The number of amides is 2. The summed E-state index contributed by atoms with van der Waals surface area (Å²) in [4.78, 5) is 29.4. The highest BCUT2D eigenvalue weighted by Gasteiger charge is 2.45. The van der Waals surface area contributed by atoms with Gasteiger partial charge in [0.15, 0.2) is 0 Å². The van der Waals surface area contributed by atoms with Gasteiger partial charge in [0.1, 0.15) is 18.0 Å². The zero-order valence-electron chi connectivity index (χ0n) is 15.5. The molecule has 0 spiro atoms. The molecule has 0 bridgehead atoms. The van der Waals surface area contributed by atoms with E-state index in [0.29, 0.717) is 38.5 Å². The number of hydrogen-bond donors (Lipinski definition) is 0. The molecule has 2 heterocycles. The Balaban J connectivity index is 1.57. The maximum atomic E-state index is 14.2. The Labute approximate surface area is 158 Å². The summed E-state index contributed by atoms with van der Waals surface area (Å²) in [6, 6.07) is 5.05. The molecular weight excluding hydrogens is 351 g/mol. The molecule has 3 aliphatic rings. The van der Waals surface area contributed by atoms with Crippen molar-refractivity contribution in [3.63, 3.8) is 0 Å². The molecule has 1 unspecified atom stereocenters. The minimum atomic E-state index is -1.16. The summed E-state index contributed by atoms with van der Waals surface area (Å²) in [5.74, 6) is -0.00750. The van der Waals surface area contributed by atoms with Crippen molar-refractivity contribution in [2.75, 3.05) is 40.0 Å². The fraction of sp³-hybridized carbons (Fsp3) is 0.600. The summed E-state index contributed by atoms with van der Waals surface area (Å²) in [6.45, 7) is 1.95. The van der Waals surface area contributed by atoms with Gasteiger partial charge in [-0.25, -0.2) is 4.39 Å². The second kappa shape index (κ2) is 7.46. The average molecular weight is 376 g/mol. The summed E-state index contributed by atoms with van der Waals surface area (Å²) in [6.07, 6.45) is 0.369. The number of alkyl halides is 1. The van der Waals surface area contributed by atoms with Crippen molar-refractivity contribution in [1.29, 1.82) is 0 Å². The van der Waals surface area contributed by atoms with Crippen molar-refractivity contribution in [3.8, 4) is 5.75 Å². The van der Waals surface area contributed by atoms with Gasteiger partial charge in [0.2, 0.25) is 11.8 Å². The number of benzene rings is 1. The third-order valence-electron chi connectivity index (χ3n) is 5.87. The van der Waals surface area contributed by atoms with E-state index in [9.17, 15) is 14.0 Å². The number of fused-ring (bicyclic) bond motifs is 1. The van der Waals surface area contributed by atoms with E-state index in [1.165, 1.54) is 4.90 Å². The fourth-order valence-electron chi connectivity index (χ4n) is 4.53. The molecule has 6 nitrogen and oxygen atoms in total. The van der Waals surface area contributed by atoms with Crippen molar-refractivity contribution >= 4 is 11.8 Å². The number of aryl methyl sites for hydroxylation is 1. The maximum absolute atomic E-state index is 14.2. The van der Waals surface area contributed by atoms with Crippen LogP contribution in [-0.4, -0.2) is 73.8 Å². The Hall–Kier alpha value is -2.15. The van der Waals surface area contributed by atoms with Crippen LogP contribution in [0.1, 0.15) is 29.9 Å². The molecule has 1 aromatic carbocycles. The second-order valence-electron chi connectivity index (χ2n) is 7.40. The Morgan fingerprint density at radius 2 is 2.00 bits per heavy atom. The largest absolute Gasteiger partial charge is 0.496 e. The summed E-state index contributed by atoms with van der Waals surface area (Å²) >= 11 is 0. The highest BCUT2D eigenvalue weighted by Crippen LogP contribution is 2.41. The molecule has 146 valence electrons. The van der Waals surface area contributed by atoms with Crippen LogP contribution >= 0.6 is 0 Å². The average Bonchev–Trinajstić information content (AvgIpc) is 3.31. The molecule has 27 heavy (non-hydrogen) atoms. The number of halogens is 1. The first-order chi connectivity index (χ1) is 13.1. The molecule has 1 aromatic rings. The molecular formula is C20H25FN2O4. The topological polar surface area (TPSA) is 59.1 Å². The zero-order valence-corrected chi connectivity index (χ0v) is 15.5. The van der Waals surface area contributed by atoms with Crippen LogP contribution in [0, 0.1) is 0 Å². The van der Waals surface area contributed by atoms with Crippen LogP contribution in [0.4, 0.5) is 4.39 Å². The molecule has 3 atom stereocenters.